The minimum absolute atomic E-state index is 0.141. The molecule has 1 heterocycles. The van der Waals surface area contributed by atoms with Gasteiger partial charge in [-0.2, -0.15) is 15.6 Å². The highest BCUT2D eigenvalue weighted by atomic mass is 32.2. The zero-order valence-corrected chi connectivity index (χ0v) is 17.9. The number of rotatable bonds is 9. The standard InChI is InChI=1S/C19H27N3O3S2/c1-5-22(6-2)27(24,25)18-11-17(8-7-15(18)3)20-19(23)13-21(4)12-16-9-10-26-14-16/h7-11,14H,5-6,12-13H2,1-4H3,(H,20,23)/p+1. The lowest BCUT2D eigenvalue weighted by Gasteiger charge is -2.20. The summed E-state index contributed by atoms with van der Waals surface area (Å²) in [5, 5.41) is 6.92. The molecule has 1 unspecified atom stereocenters. The smallest absolute Gasteiger partial charge is 0.279 e. The first-order chi connectivity index (χ1) is 12.8. The zero-order valence-electron chi connectivity index (χ0n) is 16.3. The van der Waals surface area contributed by atoms with Crippen molar-refractivity contribution in [3.63, 3.8) is 0 Å². The van der Waals surface area contributed by atoms with Crippen LogP contribution in [0.25, 0.3) is 0 Å². The average Bonchev–Trinajstić information content (AvgIpc) is 3.09. The van der Waals surface area contributed by atoms with Gasteiger partial charge in [-0.15, -0.1) is 0 Å². The molecule has 2 N–H and O–H groups in total. The summed E-state index contributed by atoms with van der Waals surface area (Å²) in [5.41, 5.74) is 2.37. The van der Waals surface area contributed by atoms with Crippen LogP contribution in [0.15, 0.2) is 39.9 Å². The molecule has 2 rings (SSSR count). The molecule has 0 bridgehead atoms. The summed E-state index contributed by atoms with van der Waals surface area (Å²) in [6, 6.07) is 7.07. The van der Waals surface area contributed by atoms with Crippen LogP contribution in [0.5, 0.6) is 0 Å². The first kappa shape index (κ1) is 21.6. The number of hydrogen-bond donors (Lipinski definition) is 2. The van der Waals surface area contributed by atoms with Gasteiger partial charge >= 0.3 is 0 Å². The predicted octanol–water partition coefficient (Wildman–Crippen LogP) is 1.74. The zero-order chi connectivity index (χ0) is 20.0. The highest BCUT2D eigenvalue weighted by molar-refractivity contribution is 7.89. The Labute approximate surface area is 165 Å². The number of benzene rings is 1. The highest BCUT2D eigenvalue weighted by Gasteiger charge is 2.24. The number of nitrogens with one attached hydrogen (secondary N) is 2. The Morgan fingerprint density at radius 3 is 2.52 bits per heavy atom. The Kier molecular flexibility index (Phi) is 7.55. The number of thiophene rings is 1. The first-order valence-corrected chi connectivity index (χ1v) is 11.4. The Hall–Kier alpha value is -1.74. The van der Waals surface area contributed by atoms with E-state index in [0.717, 1.165) is 11.4 Å². The minimum atomic E-state index is -3.57. The topological polar surface area (TPSA) is 70.9 Å². The lowest BCUT2D eigenvalue weighted by Crippen LogP contribution is -3.08. The number of quaternary nitrogens is 1. The Morgan fingerprint density at radius 2 is 1.93 bits per heavy atom. The predicted molar refractivity (Wildman–Crippen MR) is 110 cm³/mol. The maximum atomic E-state index is 12.8. The van der Waals surface area contributed by atoms with E-state index in [4.69, 9.17) is 0 Å². The minimum Gasteiger partial charge on any atom is -0.326 e. The van der Waals surface area contributed by atoms with E-state index in [9.17, 15) is 13.2 Å². The fourth-order valence-electron chi connectivity index (χ4n) is 2.94. The van der Waals surface area contributed by atoms with Crippen LogP contribution in [0.3, 0.4) is 0 Å². The third-order valence-corrected chi connectivity index (χ3v) is 7.27. The molecule has 1 amide bonds. The molecule has 0 radical (unpaired) electrons. The van der Waals surface area contributed by atoms with Crippen LogP contribution >= 0.6 is 11.3 Å². The molecule has 1 aromatic carbocycles. The third kappa shape index (κ3) is 5.62. The van der Waals surface area contributed by atoms with Gasteiger partial charge in [-0.05, 0) is 41.4 Å². The van der Waals surface area contributed by atoms with Gasteiger partial charge in [-0.3, -0.25) is 4.79 Å². The van der Waals surface area contributed by atoms with E-state index in [0.29, 0.717) is 30.9 Å². The Balaban J connectivity index is 2.10. The number of hydrogen-bond acceptors (Lipinski definition) is 4. The van der Waals surface area contributed by atoms with Crippen molar-refractivity contribution < 1.29 is 18.1 Å². The molecular formula is C19H28N3O3S2+. The van der Waals surface area contributed by atoms with Gasteiger partial charge in [-0.25, -0.2) is 8.42 Å². The van der Waals surface area contributed by atoms with Crippen molar-refractivity contribution >= 4 is 33.0 Å². The molecule has 148 valence electrons. The van der Waals surface area contributed by atoms with E-state index >= 15 is 0 Å². The van der Waals surface area contributed by atoms with Gasteiger partial charge in [0.05, 0.1) is 11.9 Å². The molecular weight excluding hydrogens is 382 g/mol. The Morgan fingerprint density at radius 1 is 1.22 bits per heavy atom. The van der Waals surface area contributed by atoms with Gasteiger partial charge in [0.15, 0.2) is 6.54 Å². The van der Waals surface area contributed by atoms with Crippen molar-refractivity contribution in [2.24, 2.45) is 0 Å². The Bertz CT molecular complexity index is 860. The lowest BCUT2D eigenvalue weighted by molar-refractivity contribution is -0.885. The molecule has 1 atom stereocenters. The molecule has 2 aromatic rings. The summed E-state index contributed by atoms with van der Waals surface area (Å²) in [6.07, 6.45) is 0. The number of likely N-dealkylation sites (N-methyl/N-ethyl adjacent to an activating group) is 1. The van der Waals surface area contributed by atoms with Crippen molar-refractivity contribution in [3.8, 4) is 0 Å². The maximum absolute atomic E-state index is 12.8. The fraction of sp³-hybridized carbons (Fsp3) is 0.421. The normalized spacial score (nSPS) is 12.9. The highest BCUT2D eigenvalue weighted by Crippen LogP contribution is 2.23. The summed E-state index contributed by atoms with van der Waals surface area (Å²) >= 11 is 1.64. The van der Waals surface area contributed by atoms with Crippen molar-refractivity contribution in [2.75, 3.05) is 32.0 Å². The summed E-state index contributed by atoms with van der Waals surface area (Å²) in [4.78, 5) is 13.7. The van der Waals surface area contributed by atoms with Gasteiger partial charge in [0.25, 0.3) is 5.91 Å². The van der Waals surface area contributed by atoms with Crippen molar-refractivity contribution in [2.45, 2.75) is 32.2 Å². The van der Waals surface area contributed by atoms with E-state index in [1.54, 1.807) is 36.5 Å². The number of amides is 1. The van der Waals surface area contributed by atoms with Crippen molar-refractivity contribution in [1.82, 2.24) is 4.31 Å². The molecule has 0 aliphatic rings. The third-order valence-electron chi connectivity index (χ3n) is 4.34. The average molecular weight is 411 g/mol. The number of carbonyl (C=O) groups excluding carboxylic acids is 1. The van der Waals surface area contributed by atoms with E-state index in [1.807, 2.05) is 26.3 Å². The molecule has 0 aliphatic heterocycles. The van der Waals surface area contributed by atoms with Gasteiger partial charge in [0.2, 0.25) is 10.0 Å². The fourth-order valence-corrected chi connectivity index (χ4v) is 5.32. The van der Waals surface area contributed by atoms with Gasteiger partial charge in [0, 0.05) is 24.3 Å². The molecule has 0 aliphatic carbocycles. The lowest BCUT2D eigenvalue weighted by atomic mass is 10.2. The maximum Gasteiger partial charge on any atom is 0.279 e. The number of anilines is 1. The summed E-state index contributed by atoms with van der Waals surface area (Å²) in [7, 11) is -1.61. The summed E-state index contributed by atoms with van der Waals surface area (Å²) in [5.74, 6) is -0.141. The van der Waals surface area contributed by atoms with Crippen LogP contribution in [-0.4, -0.2) is 45.3 Å². The van der Waals surface area contributed by atoms with E-state index < -0.39 is 10.0 Å². The van der Waals surface area contributed by atoms with Gasteiger partial charge in [-0.1, -0.05) is 19.9 Å². The largest absolute Gasteiger partial charge is 0.326 e. The van der Waals surface area contributed by atoms with E-state index in [1.165, 1.54) is 9.87 Å². The molecule has 0 fully saturated rings. The number of carbonyl (C=O) groups is 1. The number of aryl methyl sites for hydroxylation is 1. The van der Waals surface area contributed by atoms with Crippen molar-refractivity contribution in [1.29, 1.82) is 0 Å². The van der Waals surface area contributed by atoms with Crippen LogP contribution in [0.1, 0.15) is 25.0 Å². The van der Waals surface area contributed by atoms with Gasteiger partial charge < -0.3 is 10.2 Å². The van der Waals surface area contributed by atoms with E-state index in [2.05, 4.69) is 16.8 Å². The second-order valence-electron chi connectivity index (χ2n) is 6.56. The van der Waals surface area contributed by atoms with Crippen LogP contribution in [0, 0.1) is 6.92 Å². The van der Waals surface area contributed by atoms with Crippen LogP contribution in [0.2, 0.25) is 0 Å². The molecule has 6 nitrogen and oxygen atoms in total. The monoisotopic (exact) mass is 410 g/mol. The molecule has 27 heavy (non-hydrogen) atoms. The first-order valence-electron chi connectivity index (χ1n) is 9.01. The SMILES string of the molecule is CCN(CC)S(=O)(=O)c1cc(NC(=O)C[NH+](C)Cc2ccsc2)ccc1C. The van der Waals surface area contributed by atoms with Gasteiger partial charge in [0.1, 0.15) is 6.54 Å². The molecule has 0 saturated heterocycles. The second-order valence-corrected chi connectivity index (χ2v) is 9.25. The van der Waals surface area contributed by atoms with Crippen LogP contribution in [0.4, 0.5) is 5.69 Å². The summed E-state index contributed by atoms with van der Waals surface area (Å²) < 4.78 is 27.1. The van der Waals surface area contributed by atoms with E-state index in [-0.39, 0.29) is 10.8 Å². The van der Waals surface area contributed by atoms with Crippen molar-refractivity contribution in [3.05, 3.63) is 46.2 Å². The van der Waals surface area contributed by atoms with Crippen LogP contribution < -0.4 is 10.2 Å². The molecule has 0 saturated carbocycles. The second kappa shape index (κ2) is 9.45. The quantitative estimate of drug-likeness (QED) is 0.662. The molecule has 8 heteroatoms. The summed E-state index contributed by atoms with van der Waals surface area (Å²) in [6.45, 7) is 7.29. The van der Waals surface area contributed by atoms with Crippen LogP contribution in [-0.2, 0) is 21.4 Å². The molecule has 0 spiro atoms. The number of nitrogens with zero attached hydrogens (tertiary/aromatic N) is 1. The number of sulfonamides is 1. The molecule has 1 aromatic heterocycles.